The number of aryl methyl sites for hydroxylation is 1. The Hall–Kier alpha value is -4.07. The number of carbonyl (C=O) groups excluding carboxylic acids is 3. The van der Waals surface area contributed by atoms with Gasteiger partial charge in [-0.2, -0.15) is 5.26 Å². The Morgan fingerprint density at radius 3 is 2.70 bits per heavy atom. The normalized spacial score (nSPS) is 20.1. The summed E-state index contributed by atoms with van der Waals surface area (Å²) in [5.41, 5.74) is 1.45. The van der Waals surface area contributed by atoms with Crippen LogP contribution in [0.4, 0.5) is 5.69 Å². The molecular formula is C29H39N7O4. The quantitative estimate of drug-likeness (QED) is 0.235. The number of nitrogens with one attached hydrogen (secondary N) is 2. The third-order valence-electron chi connectivity index (χ3n) is 7.64. The summed E-state index contributed by atoms with van der Waals surface area (Å²) in [7, 11) is 0. The van der Waals surface area contributed by atoms with E-state index >= 15 is 0 Å². The molecule has 0 spiro atoms. The minimum absolute atomic E-state index is 0.0397. The molecule has 2 unspecified atom stereocenters. The van der Waals surface area contributed by atoms with Crippen LogP contribution in [-0.4, -0.2) is 83.7 Å². The first kappa shape index (κ1) is 28.9. The number of amides is 3. The smallest absolute Gasteiger partial charge is 0.247 e. The third-order valence-corrected chi connectivity index (χ3v) is 7.64. The number of rotatable bonds is 7. The zero-order valence-electron chi connectivity index (χ0n) is 23.6. The molecule has 214 valence electrons. The summed E-state index contributed by atoms with van der Waals surface area (Å²) in [4.78, 5) is 49.4. The van der Waals surface area contributed by atoms with Crippen LogP contribution in [0.15, 0.2) is 33.7 Å². The largest absolute Gasteiger partial charge is 0.461 e. The molecule has 0 radical (unpaired) electrons. The maximum absolute atomic E-state index is 13.5. The van der Waals surface area contributed by atoms with Gasteiger partial charge in [0.05, 0.1) is 12.5 Å². The Balaban J connectivity index is 1.43. The molecule has 4 rings (SSSR count). The van der Waals surface area contributed by atoms with Gasteiger partial charge in [0.25, 0.3) is 0 Å². The van der Waals surface area contributed by atoms with E-state index in [0.29, 0.717) is 44.8 Å². The van der Waals surface area contributed by atoms with Gasteiger partial charge in [0, 0.05) is 43.8 Å². The van der Waals surface area contributed by atoms with Crippen molar-refractivity contribution in [1.82, 2.24) is 20.0 Å². The summed E-state index contributed by atoms with van der Waals surface area (Å²) in [5.74, 6) is 0.471. The molecule has 1 aromatic carbocycles. The number of nitriles is 1. The number of aliphatic imine (C=N–C) groups is 1. The van der Waals surface area contributed by atoms with E-state index in [0.717, 1.165) is 42.4 Å². The number of hydrogen-bond acceptors (Lipinski definition) is 6. The molecule has 1 aromatic heterocycles. The van der Waals surface area contributed by atoms with Crippen LogP contribution >= 0.6 is 0 Å². The van der Waals surface area contributed by atoms with E-state index in [1.54, 1.807) is 9.80 Å². The highest BCUT2D eigenvalue weighted by molar-refractivity contribution is 5.98. The average Bonchev–Trinajstić information content (AvgIpc) is 3.24. The maximum Gasteiger partial charge on any atom is 0.247 e. The predicted molar refractivity (Wildman–Crippen MR) is 152 cm³/mol. The van der Waals surface area contributed by atoms with Gasteiger partial charge in [0.1, 0.15) is 17.4 Å². The molecule has 2 fully saturated rings. The highest BCUT2D eigenvalue weighted by Crippen LogP contribution is 2.23. The minimum atomic E-state index is -0.725. The van der Waals surface area contributed by atoms with Gasteiger partial charge in [-0.3, -0.25) is 19.7 Å². The zero-order valence-corrected chi connectivity index (χ0v) is 23.6. The van der Waals surface area contributed by atoms with Crippen molar-refractivity contribution in [1.29, 1.82) is 5.26 Å². The van der Waals surface area contributed by atoms with Crippen molar-refractivity contribution in [2.75, 3.05) is 44.6 Å². The lowest BCUT2D eigenvalue weighted by molar-refractivity contribution is -0.144. The van der Waals surface area contributed by atoms with Crippen molar-refractivity contribution < 1.29 is 18.8 Å². The third kappa shape index (κ3) is 6.92. The summed E-state index contributed by atoms with van der Waals surface area (Å²) >= 11 is 0. The number of anilines is 1. The van der Waals surface area contributed by atoms with Crippen molar-refractivity contribution in [2.24, 2.45) is 10.9 Å². The molecule has 11 heteroatoms. The topological polar surface area (TPSA) is 134 Å². The number of guanidine groups is 1. The molecule has 0 aliphatic carbocycles. The first-order chi connectivity index (χ1) is 19.3. The van der Waals surface area contributed by atoms with Crippen LogP contribution in [0.5, 0.6) is 0 Å². The Bertz CT molecular complexity index is 1290. The van der Waals surface area contributed by atoms with E-state index in [2.05, 4.69) is 15.6 Å². The number of furan rings is 1. The second kappa shape index (κ2) is 13.3. The second-order valence-electron chi connectivity index (χ2n) is 10.4. The Labute approximate surface area is 235 Å². The zero-order chi connectivity index (χ0) is 28.6. The summed E-state index contributed by atoms with van der Waals surface area (Å²) in [6.45, 7) is 8.51. The fourth-order valence-corrected chi connectivity index (χ4v) is 5.52. The van der Waals surface area contributed by atoms with Crippen LogP contribution in [0.2, 0.25) is 0 Å². The number of benzene rings is 1. The first-order valence-electron chi connectivity index (χ1n) is 14.2. The number of likely N-dealkylation sites (tertiary alicyclic amines) is 2. The standard InChI is InChI=1S/C29H39N7O4/c1-4-34(5-2)27(38)21-9-8-14-35(17-21)26(37)18-36-13-7-6-10-24(28(36)39)33-29(31-19-30)32-23-11-12-25-22(16-23)15-20(3)40-25/h11-12,15-16,21,24H,4-10,13-14,17-18H2,1-3H3,(H2,31,32,33). The molecule has 2 N–H and O–H groups in total. The summed E-state index contributed by atoms with van der Waals surface area (Å²) in [6.07, 6.45) is 5.48. The summed E-state index contributed by atoms with van der Waals surface area (Å²) < 4.78 is 5.62. The number of fused-ring (bicyclic) bond motifs is 1. The lowest BCUT2D eigenvalue weighted by Gasteiger charge is -2.35. The van der Waals surface area contributed by atoms with Gasteiger partial charge in [0.15, 0.2) is 6.19 Å². The molecule has 2 saturated heterocycles. The average molecular weight is 550 g/mol. The van der Waals surface area contributed by atoms with Crippen molar-refractivity contribution in [2.45, 2.75) is 58.9 Å². The predicted octanol–water partition coefficient (Wildman–Crippen LogP) is 3.07. The number of piperidine rings is 1. The monoisotopic (exact) mass is 549 g/mol. The van der Waals surface area contributed by atoms with Gasteiger partial charge in [0.2, 0.25) is 23.7 Å². The molecule has 0 bridgehead atoms. The van der Waals surface area contributed by atoms with Gasteiger partial charge >= 0.3 is 0 Å². The van der Waals surface area contributed by atoms with Crippen LogP contribution in [0.25, 0.3) is 11.0 Å². The van der Waals surface area contributed by atoms with Crippen LogP contribution in [0.3, 0.4) is 0 Å². The molecule has 2 aliphatic heterocycles. The highest BCUT2D eigenvalue weighted by atomic mass is 16.3. The van der Waals surface area contributed by atoms with E-state index in [1.165, 1.54) is 0 Å². The van der Waals surface area contributed by atoms with E-state index in [-0.39, 0.29) is 36.1 Å². The van der Waals surface area contributed by atoms with Crippen LogP contribution in [0.1, 0.15) is 51.7 Å². The Kier molecular flexibility index (Phi) is 9.64. The molecular weight excluding hydrogens is 510 g/mol. The molecule has 11 nitrogen and oxygen atoms in total. The molecule has 3 heterocycles. The molecule has 2 atom stereocenters. The molecule has 2 aliphatic rings. The van der Waals surface area contributed by atoms with Gasteiger partial charge in [-0.1, -0.05) is 0 Å². The van der Waals surface area contributed by atoms with E-state index in [1.807, 2.05) is 56.1 Å². The first-order valence-corrected chi connectivity index (χ1v) is 14.2. The number of nitrogens with zero attached hydrogens (tertiary/aromatic N) is 5. The number of hydrogen-bond donors (Lipinski definition) is 2. The van der Waals surface area contributed by atoms with Gasteiger partial charge in [-0.15, -0.1) is 0 Å². The number of carbonyl (C=O) groups is 3. The Morgan fingerprint density at radius 1 is 1.15 bits per heavy atom. The highest BCUT2D eigenvalue weighted by Gasteiger charge is 2.33. The lowest BCUT2D eigenvalue weighted by atomic mass is 9.96. The fourth-order valence-electron chi connectivity index (χ4n) is 5.52. The van der Waals surface area contributed by atoms with E-state index in [4.69, 9.17) is 4.42 Å². The molecule has 3 amide bonds. The SMILES string of the molecule is CCN(CC)C(=O)C1CCCN(C(=O)CN2CCCCC(N=C(NC#N)Nc3ccc4oc(C)cc4c3)C2=O)C1. The van der Waals surface area contributed by atoms with Crippen molar-refractivity contribution >= 4 is 40.3 Å². The molecule has 2 aromatic rings. The van der Waals surface area contributed by atoms with Crippen LogP contribution < -0.4 is 10.6 Å². The summed E-state index contributed by atoms with van der Waals surface area (Å²) in [6, 6.07) is 6.73. The lowest BCUT2D eigenvalue weighted by Crippen LogP contribution is -2.50. The molecule has 0 saturated carbocycles. The van der Waals surface area contributed by atoms with Crippen molar-refractivity contribution in [3.63, 3.8) is 0 Å². The minimum Gasteiger partial charge on any atom is -0.461 e. The van der Waals surface area contributed by atoms with E-state index in [9.17, 15) is 19.6 Å². The van der Waals surface area contributed by atoms with Crippen molar-refractivity contribution in [3.05, 3.63) is 30.0 Å². The maximum atomic E-state index is 13.5. The Morgan fingerprint density at radius 2 is 1.95 bits per heavy atom. The summed E-state index contributed by atoms with van der Waals surface area (Å²) in [5, 5.41) is 15.9. The van der Waals surface area contributed by atoms with Gasteiger partial charge < -0.3 is 24.4 Å². The fraction of sp³-hybridized carbons (Fsp3) is 0.552. The van der Waals surface area contributed by atoms with Crippen molar-refractivity contribution in [3.8, 4) is 6.19 Å². The van der Waals surface area contributed by atoms with Crippen LogP contribution in [0, 0.1) is 24.3 Å². The van der Waals surface area contributed by atoms with Gasteiger partial charge in [-0.25, -0.2) is 4.99 Å². The molecule has 40 heavy (non-hydrogen) atoms. The van der Waals surface area contributed by atoms with E-state index < -0.39 is 6.04 Å². The van der Waals surface area contributed by atoms with Crippen LogP contribution in [-0.2, 0) is 14.4 Å². The van der Waals surface area contributed by atoms with Gasteiger partial charge in [-0.05, 0) is 77.1 Å². The second-order valence-corrected chi connectivity index (χ2v) is 10.4.